The number of carbonyl (C=O) groups excluding carboxylic acids is 1. The van der Waals surface area contributed by atoms with Gasteiger partial charge in [0.25, 0.3) is 0 Å². The van der Waals surface area contributed by atoms with Crippen LogP contribution in [0.2, 0.25) is 0 Å². The highest BCUT2D eigenvalue weighted by Gasteiger charge is 2.18. The maximum Gasteiger partial charge on any atom is 0.217 e. The quantitative estimate of drug-likeness (QED) is 0.808. The van der Waals surface area contributed by atoms with E-state index in [1.807, 2.05) is 6.92 Å². The molecule has 1 atom stereocenters. The molecule has 0 spiro atoms. The van der Waals surface area contributed by atoms with Gasteiger partial charge >= 0.3 is 0 Å². The Bertz CT molecular complexity index is 368. The normalized spacial score (nSPS) is 17.6. The predicted molar refractivity (Wildman–Crippen MR) is 64.3 cm³/mol. The molecular weight excluding hydrogens is 200 g/mol. The van der Waals surface area contributed by atoms with E-state index in [0.717, 1.165) is 18.7 Å². The third-order valence-electron chi connectivity index (χ3n) is 3.11. The molecule has 1 heterocycles. The van der Waals surface area contributed by atoms with Crippen molar-refractivity contribution in [3.63, 3.8) is 0 Å². The lowest BCUT2D eigenvalue weighted by Crippen LogP contribution is -2.39. The molecule has 1 amide bonds. The summed E-state index contributed by atoms with van der Waals surface area (Å²) in [5, 5.41) is 6.15. The van der Waals surface area contributed by atoms with E-state index in [-0.39, 0.29) is 11.9 Å². The maximum absolute atomic E-state index is 10.9. The summed E-state index contributed by atoms with van der Waals surface area (Å²) in [5.41, 5.74) is 2.55. The van der Waals surface area contributed by atoms with Gasteiger partial charge in [0.2, 0.25) is 5.91 Å². The molecule has 16 heavy (non-hydrogen) atoms. The third kappa shape index (κ3) is 2.42. The number of nitrogens with one attached hydrogen (secondary N) is 2. The smallest absolute Gasteiger partial charge is 0.217 e. The van der Waals surface area contributed by atoms with Crippen LogP contribution in [0.5, 0.6) is 0 Å². The summed E-state index contributed by atoms with van der Waals surface area (Å²) in [6.07, 6.45) is 0. The fraction of sp³-hybridized carbons (Fsp3) is 0.462. The summed E-state index contributed by atoms with van der Waals surface area (Å²) in [6, 6.07) is 8.63. The summed E-state index contributed by atoms with van der Waals surface area (Å²) >= 11 is 0. The second-order valence-electron chi connectivity index (χ2n) is 4.44. The average Bonchev–Trinajstić information content (AvgIpc) is 2.15. The predicted octanol–water partition coefficient (Wildman–Crippen LogP) is 1.57. The van der Waals surface area contributed by atoms with Crippen molar-refractivity contribution < 1.29 is 4.79 Å². The highest BCUT2D eigenvalue weighted by molar-refractivity contribution is 5.73. The lowest BCUT2D eigenvalue weighted by Gasteiger charge is -2.27. The van der Waals surface area contributed by atoms with Gasteiger partial charge in [-0.1, -0.05) is 24.3 Å². The van der Waals surface area contributed by atoms with E-state index in [4.69, 9.17) is 0 Å². The Morgan fingerprint density at radius 2 is 2.00 bits per heavy atom. The molecule has 3 heteroatoms. The van der Waals surface area contributed by atoms with Crippen LogP contribution < -0.4 is 10.6 Å². The van der Waals surface area contributed by atoms with Gasteiger partial charge in [0, 0.05) is 25.9 Å². The molecule has 1 fully saturated rings. The number of hydrogen-bond donors (Lipinski definition) is 2. The van der Waals surface area contributed by atoms with Gasteiger partial charge in [-0.25, -0.2) is 0 Å². The van der Waals surface area contributed by atoms with Gasteiger partial charge in [-0.3, -0.25) is 4.79 Å². The molecule has 1 aliphatic rings. The van der Waals surface area contributed by atoms with Gasteiger partial charge in [-0.15, -0.1) is 0 Å². The lowest BCUT2D eigenvalue weighted by atomic mass is 9.92. The first-order chi connectivity index (χ1) is 7.66. The zero-order valence-corrected chi connectivity index (χ0v) is 9.79. The minimum absolute atomic E-state index is 0.0137. The standard InChI is InChI=1S/C13H18N2O/c1-9(15-10(2)16)11-3-5-12(6-4-11)13-7-14-8-13/h3-6,9,13-14H,7-8H2,1-2H3,(H,15,16). The fourth-order valence-electron chi connectivity index (χ4n) is 1.97. The zero-order chi connectivity index (χ0) is 11.5. The SMILES string of the molecule is CC(=O)NC(C)c1ccc(C2CNC2)cc1. The van der Waals surface area contributed by atoms with Crippen LogP contribution in [0.25, 0.3) is 0 Å². The molecule has 1 unspecified atom stereocenters. The molecule has 1 aromatic rings. The molecule has 86 valence electrons. The van der Waals surface area contributed by atoms with Crippen molar-refractivity contribution in [1.82, 2.24) is 10.6 Å². The molecule has 0 saturated carbocycles. The highest BCUT2D eigenvalue weighted by Crippen LogP contribution is 2.21. The van der Waals surface area contributed by atoms with Crippen molar-refractivity contribution in [1.29, 1.82) is 0 Å². The monoisotopic (exact) mass is 218 g/mol. The molecule has 2 rings (SSSR count). The highest BCUT2D eigenvalue weighted by atomic mass is 16.1. The van der Waals surface area contributed by atoms with Crippen molar-refractivity contribution >= 4 is 5.91 Å². The maximum atomic E-state index is 10.9. The number of amides is 1. The van der Waals surface area contributed by atoms with E-state index in [1.54, 1.807) is 6.92 Å². The Balaban J connectivity index is 2.03. The van der Waals surface area contributed by atoms with Crippen molar-refractivity contribution in [3.8, 4) is 0 Å². The van der Waals surface area contributed by atoms with Crippen LogP contribution >= 0.6 is 0 Å². The molecular formula is C13H18N2O. The number of rotatable bonds is 3. The Morgan fingerprint density at radius 3 is 2.44 bits per heavy atom. The van der Waals surface area contributed by atoms with Gasteiger partial charge in [0.1, 0.15) is 0 Å². The van der Waals surface area contributed by atoms with Gasteiger partial charge < -0.3 is 10.6 Å². The molecule has 1 aromatic carbocycles. The van der Waals surface area contributed by atoms with Crippen LogP contribution in [0.4, 0.5) is 0 Å². The Kier molecular flexibility index (Phi) is 3.25. The van der Waals surface area contributed by atoms with Crippen LogP contribution in [-0.4, -0.2) is 19.0 Å². The van der Waals surface area contributed by atoms with Gasteiger partial charge in [0.05, 0.1) is 6.04 Å². The van der Waals surface area contributed by atoms with E-state index in [0.29, 0.717) is 5.92 Å². The van der Waals surface area contributed by atoms with Crippen molar-refractivity contribution in [2.45, 2.75) is 25.8 Å². The number of carbonyl (C=O) groups is 1. The Hall–Kier alpha value is -1.35. The fourth-order valence-corrected chi connectivity index (χ4v) is 1.97. The Morgan fingerprint density at radius 1 is 1.38 bits per heavy atom. The summed E-state index contributed by atoms with van der Waals surface area (Å²) in [6.45, 7) is 5.72. The summed E-state index contributed by atoms with van der Waals surface area (Å²) in [5.74, 6) is 0.685. The van der Waals surface area contributed by atoms with Crippen LogP contribution in [-0.2, 0) is 4.79 Å². The van der Waals surface area contributed by atoms with Crippen LogP contribution in [0, 0.1) is 0 Å². The second-order valence-corrected chi connectivity index (χ2v) is 4.44. The molecule has 0 aromatic heterocycles. The van der Waals surface area contributed by atoms with Crippen molar-refractivity contribution in [2.24, 2.45) is 0 Å². The molecule has 3 nitrogen and oxygen atoms in total. The average molecular weight is 218 g/mol. The zero-order valence-electron chi connectivity index (χ0n) is 9.79. The van der Waals surface area contributed by atoms with Gasteiger partial charge in [-0.2, -0.15) is 0 Å². The van der Waals surface area contributed by atoms with E-state index >= 15 is 0 Å². The number of benzene rings is 1. The minimum Gasteiger partial charge on any atom is -0.350 e. The molecule has 0 aliphatic carbocycles. The first-order valence-electron chi connectivity index (χ1n) is 5.74. The first-order valence-corrected chi connectivity index (χ1v) is 5.74. The van der Waals surface area contributed by atoms with E-state index in [9.17, 15) is 4.79 Å². The van der Waals surface area contributed by atoms with Crippen LogP contribution in [0.1, 0.15) is 36.9 Å². The second kappa shape index (κ2) is 4.66. The molecule has 0 radical (unpaired) electrons. The molecule has 1 aliphatic heterocycles. The third-order valence-corrected chi connectivity index (χ3v) is 3.11. The topological polar surface area (TPSA) is 41.1 Å². The lowest BCUT2D eigenvalue weighted by molar-refractivity contribution is -0.119. The van der Waals surface area contributed by atoms with Crippen LogP contribution in [0.15, 0.2) is 24.3 Å². The van der Waals surface area contributed by atoms with Crippen molar-refractivity contribution in [3.05, 3.63) is 35.4 Å². The first kappa shape index (κ1) is 11.1. The van der Waals surface area contributed by atoms with E-state index in [2.05, 4.69) is 34.9 Å². The minimum atomic E-state index is 0.0137. The summed E-state index contributed by atoms with van der Waals surface area (Å²) in [7, 11) is 0. The van der Waals surface area contributed by atoms with E-state index < -0.39 is 0 Å². The largest absolute Gasteiger partial charge is 0.350 e. The molecule has 0 bridgehead atoms. The molecule has 2 N–H and O–H groups in total. The summed E-state index contributed by atoms with van der Waals surface area (Å²) in [4.78, 5) is 10.9. The van der Waals surface area contributed by atoms with Gasteiger partial charge in [0.15, 0.2) is 0 Å². The van der Waals surface area contributed by atoms with Crippen molar-refractivity contribution in [2.75, 3.05) is 13.1 Å². The summed E-state index contributed by atoms with van der Waals surface area (Å²) < 4.78 is 0. The van der Waals surface area contributed by atoms with E-state index in [1.165, 1.54) is 5.56 Å². The number of hydrogen-bond acceptors (Lipinski definition) is 2. The molecule has 1 saturated heterocycles. The van der Waals surface area contributed by atoms with Gasteiger partial charge in [-0.05, 0) is 18.1 Å². The van der Waals surface area contributed by atoms with Crippen LogP contribution in [0.3, 0.4) is 0 Å². The Labute approximate surface area is 96.2 Å².